The molecule has 1 heterocycles. The zero-order valence-electron chi connectivity index (χ0n) is 14.9. The molecule has 23 heavy (non-hydrogen) atoms. The van der Waals surface area contributed by atoms with Gasteiger partial charge in [0.1, 0.15) is 12.1 Å². The summed E-state index contributed by atoms with van der Waals surface area (Å²) in [5, 5.41) is 2.89. The highest BCUT2D eigenvalue weighted by Crippen LogP contribution is 2.38. The minimum Gasteiger partial charge on any atom is -0.336 e. The van der Waals surface area contributed by atoms with Crippen LogP contribution in [-0.4, -0.2) is 51.8 Å². The van der Waals surface area contributed by atoms with E-state index in [-0.39, 0.29) is 36.4 Å². The van der Waals surface area contributed by atoms with E-state index >= 15 is 0 Å². The maximum absolute atomic E-state index is 12.9. The number of hydrogen-bond donors (Lipinski definition) is 1. The summed E-state index contributed by atoms with van der Waals surface area (Å²) in [6.07, 6.45) is 3.61. The normalized spacial score (nSPS) is 28.0. The number of hydrogen-bond acceptors (Lipinski definition) is 3. The summed E-state index contributed by atoms with van der Waals surface area (Å²) in [6, 6.07) is -0.360. The van der Waals surface area contributed by atoms with E-state index in [1.165, 1.54) is 0 Å². The van der Waals surface area contributed by atoms with Gasteiger partial charge in [0.15, 0.2) is 0 Å². The van der Waals surface area contributed by atoms with E-state index in [0.29, 0.717) is 6.42 Å². The lowest BCUT2D eigenvalue weighted by molar-refractivity contribution is -0.142. The number of rotatable bonds is 4. The second kappa shape index (κ2) is 6.49. The van der Waals surface area contributed by atoms with Gasteiger partial charge < -0.3 is 10.2 Å². The Labute approximate surface area is 138 Å². The SMILES string of the molecule is CC(C)N(C(=O)CN1C(=O)N[C@]2(CCCC[C@@H]2C)C1=O)C(C)C. The van der Waals surface area contributed by atoms with Crippen molar-refractivity contribution in [3.63, 3.8) is 0 Å². The number of nitrogens with one attached hydrogen (secondary N) is 1. The van der Waals surface area contributed by atoms with Crippen LogP contribution in [0.5, 0.6) is 0 Å². The summed E-state index contributed by atoms with van der Waals surface area (Å²) in [5.74, 6) is -0.298. The average molecular weight is 323 g/mol. The van der Waals surface area contributed by atoms with Crippen LogP contribution >= 0.6 is 0 Å². The Morgan fingerprint density at radius 2 is 1.87 bits per heavy atom. The third-order valence-corrected chi connectivity index (χ3v) is 5.20. The Kier molecular flexibility index (Phi) is 5.01. The van der Waals surface area contributed by atoms with Crippen molar-refractivity contribution in [2.75, 3.05) is 6.54 Å². The summed E-state index contributed by atoms with van der Waals surface area (Å²) in [7, 11) is 0. The quantitative estimate of drug-likeness (QED) is 0.806. The highest BCUT2D eigenvalue weighted by atomic mass is 16.2. The van der Waals surface area contributed by atoms with Crippen molar-refractivity contribution in [1.29, 1.82) is 0 Å². The molecule has 1 spiro atoms. The molecule has 1 saturated heterocycles. The van der Waals surface area contributed by atoms with E-state index < -0.39 is 11.6 Å². The summed E-state index contributed by atoms with van der Waals surface area (Å²) >= 11 is 0. The van der Waals surface area contributed by atoms with Crippen molar-refractivity contribution in [3.8, 4) is 0 Å². The van der Waals surface area contributed by atoms with Crippen LogP contribution in [0.4, 0.5) is 4.79 Å². The molecule has 2 rings (SSSR count). The van der Waals surface area contributed by atoms with Gasteiger partial charge in [0.05, 0.1) is 0 Å². The summed E-state index contributed by atoms with van der Waals surface area (Å²) < 4.78 is 0. The predicted octanol–water partition coefficient (Wildman–Crippen LogP) is 2.13. The first kappa shape index (κ1) is 17.8. The summed E-state index contributed by atoms with van der Waals surface area (Å²) in [6.45, 7) is 9.60. The zero-order chi connectivity index (χ0) is 17.4. The number of urea groups is 1. The molecule has 1 N–H and O–H groups in total. The van der Waals surface area contributed by atoms with E-state index in [9.17, 15) is 14.4 Å². The Hall–Kier alpha value is -1.59. The van der Waals surface area contributed by atoms with Crippen molar-refractivity contribution < 1.29 is 14.4 Å². The molecule has 0 radical (unpaired) electrons. The molecule has 6 nitrogen and oxygen atoms in total. The fourth-order valence-corrected chi connectivity index (χ4v) is 4.03. The van der Waals surface area contributed by atoms with Crippen molar-refractivity contribution >= 4 is 17.8 Å². The van der Waals surface area contributed by atoms with Crippen LogP contribution in [0.2, 0.25) is 0 Å². The van der Waals surface area contributed by atoms with Crippen molar-refractivity contribution in [1.82, 2.24) is 15.1 Å². The smallest absolute Gasteiger partial charge is 0.325 e. The maximum Gasteiger partial charge on any atom is 0.325 e. The summed E-state index contributed by atoms with van der Waals surface area (Å²) in [4.78, 5) is 40.6. The molecule has 1 aliphatic carbocycles. The van der Waals surface area contributed by atoms with Crippen LogP contribution in [0.25, 0.3) is 0 Å². The molecule has 6 heteroatoms. The molecular formula is C17H29N3O3. The third-order valence-electron chi connectivity index (χ3n) is 5.20. The highest BCUT2D eigenvalue weighted by molar-refractivity contribution is 6.09. The Morgan fingerprint density at radius 3 is 2.39 bits per heavy atom. The van der Waals surface area contributed by atoms with Crippen LogP contribution in [0.15, 0.2) is 0 Å². The molecule has 0 aromatic rings. The second-order valence-corrected chi connectivity index (χ2v) is 7.43. The standard InChI is InChI=1S/C17H29N3O3/c1-11(2)20(12(3)4)14(21)10-19-15(22)17(18-16(19)23)9-7-6-8-13(17)5/h11-13H,6-10H2,1-5H3,(H,18,23)/t13-,17-/m0/s1. The topological polar surface area (TPSA) is 69.7 Å². The third kappa shape index (κ3) is 3.08. The summed E-state index contributed by atoms with van der Waals surface area (Å²) in [5.41, 5.74) is -0.796. The average Bonchev–Trinajstić information content (AvgIpc) is 2.67. The van der Waals surface area contributed by atoms with E-state index in [0.717, 1.165) is 24.2 Å². The molecule has 2 fully saturated rings. The molecule has 0 aromatic heterocycles. The van der Waals surface area contributed by atoms with Crippen molar-refractivity contribution in [3.05, 3.63) is 0 Å². The lowest BCUT2D eigenvalue weighted by atomic mass is 9.73. The molecule has 130 valence electrons. The fraction of sp³-hybridized carbons (Fsp3) is 0.824. The predicted molar refractivity (Wildman–Crippen MR) is 87.7 cm³/mol. The Balaban J connectivity index is 2.16. The number of carbonyl (C=O) groups is 3. The first-order chi connectivity index (χ1) is 10.7. The zero-order valence-corrected chi connectivity index (χ0v) is 14.9. The minimum absolute atomic E-state index is 0.0332. The van der Waals surface area contributed by atoms with Gasteiger partial charge in [0.2, 0.25) is 5.91 Å². The van der Waals surface area contributed by atoms with Crippen LogP contribution in [0.1, 0.15) is 60.3 Å². The highest BCUT2D eigenvalue weighted by Gasteiger charge is 2.55. The van der Waals surface area contributed by atoms with Gasteiger partial charge in [-0.15, -0.1) is 0 Å². The molecule has 2 aliphatic rings. The van der Waals surface area contributed by atoms with Gasteiger partial charge in [0.25, 0.3) is 5.91 Å². The second-order valence-electron chi connectivity index (χ2n) is 7.43. The first-order valence-electron chi connectivity index (χ1n) is 8.66. The van der Waals surface area contributed by atoms with E-state index in [1.807, 2.05) is 34.6 Å². The van der Waals surface area contributed by atoms with Gasteiger partial charge in [0, 0.05) is 12.1 Å². The van der Waals surface area contributed by atoms with E-state index in [1.54, 1.807) is 4.90 Å². The van der Waals surface area contributed by atoms with Gasteiger partial charge in [-0.2, -0.15) is 0 Å². The van der Waals surface area contributed by atoms with Crippen molar-refractivity contribution in [2.24, 2.45) is 5.92 Å². The molecule has 4 amide bonds. The van der Waals surface area contributed by atoms with Crippen LogP contribution in [0.3, 0.4) is 0 Å². The molecular weight excluding hydrogens is 294 g/mol. The van der Waals surface area contributed by atoms with Crippen LogP contribution in [0, 0.1) is 5.92 Å². The Morgan fingerprint density at radius 1 is 1.26 bits per heavy atom. The van der Waals surface area contributed by atoms with Crippen LogP contribution < -0.4 is 5.32 Å². The first-order valence-corrected chi connectivity index (χ1v) is 8.66. The Bertz CT molecular complexity index is 495. The molecule has 0 bridgehead atoms. The molecule has 1 saturated carbocycles. The van der Waals surface area contributed by atoms with Crippen molar-refractivity contribution in [2.45, 2.75) is 77.9 Å². The number of imide groups is 1. The van der Waals surface area contributed by atoms with Gasteiger partial charge in [-0.05, 0) is 46.5 Å². The maximum atomic E-state index is 12.9. The largest absolute Gasteiger partial charge is 0.336 e. The molecule has 1 aliphatic heterocycles. The van der Waals surface area contributed by atoms with Gasteiger partial charge in [-0.1, -0.05) is 19.8 Å². The molecule has 0 unspecified atom stereocenters. The van der Waals surface area contributed by atoms with Gasteiger partial charge in [-0.25, -0.2) is 4.79 Å². The minimum atomic E-state index is -0.796. The monoisotopic (exact) mass is 323 g/mol. The fourth-order valence-electron chi connectivity index (χ4n) is 4.03. The molecule has 0 aromatic carbocycles. The van der Waals surface area contributed by atoms with Crippen LogP contribution in [-0.2, 0) is 9.59 Å². The molecule has 2 atom stereocenters. The number of carbonyl (C=O) groups excluding carboxylic acids is 3. The number of amides is 4. The van der Waals surface area contributed by atoms with E-state index in [4.69, 9.17) is 0 Å². The lowest BCUT2D eigenvalue weighted by Gasteiger charge is -2.37. The van der Waals surface area contributed by atoms with E-state index in [2.05, 4.69) is 5.32 Å². The lowest BCUT2D eigenvalue weighted by Crippen LogP contribution is -2.54. The van der Waals surface area contributed by atoms with Gasteiger partial charge in [-0.3, -0.25) is 14.5 Å². The number of nitrogens with zero attached hydrogens (tertiary/aromatic N) is 2. The van der Waals surface area contributed by atoms with Gasteiger partial charge >= 0.3 is 6.03 Å².